The molecule has 0 radical (unpaired) electrons. The van der Waals surface area contributed by atoms with Gasteiger partial charge in [-0.25, -0.2) is 0 Å². The maximum atomic E-state index is 10.8. The Kier molecular flexibility index (Phi) is 4.76. The molecule has 0 aliphatic heterocycles. The molecule has 0 bridgehead atoms. The average Bonchev–Trinajstić information content (AvgIpc) is 2.25. The molecule has 1 heteroatoms. The zero-order valence-corrected chi connectivity index (χ0v) is 11.3. The Labute approximate surface area is 100 Å². The van der Waals surface area contributed by atoms with E-state index in [0.717, 1.165) is 24.2 Å². The van der Waals surface area contributed by atoms with Crippen LogP contribution >= 0.6 is 0 Å². The van der Waals surface area contributed by atoms with E-state index < -0.39 is 0 Å². The predicted molar refractivity (Wildman–Crippen MR) is 69.3 cm³/mol. The van der Waals surface area contributed by atoms with Gasteiger partial charge in [-0.15, -0.1) is 0 Å². The van der Waals surface area contributed by atoms with Crippen molar-refractivity contribution < 1.29 is 4.79 Å². The topological polar surface area (TPSA) is 17.1 Å². The minimum Gasteiger partial charge on any atom is -0.298 e. The summed E-state index contributed by atoms with van der Waals surface area (Å²) in [5.74, 6) is 1.51. The van der Waals surface area contributed by atoms with Gasteiger partial charge in [0.2, 0.25) is 0 Å². The van der Waals surface area contributed by atoms with Gasteiger partial charge in [0.25, 0.3) is 0 Å². The fourth-order valence-corrected chi connectivity index (χ4v) is 2.70. The number of aldehydes is 1. The van der Waals surface area contributed by atoms with Crippen molar-refractivity contribution in [2.24, 2.45) is 17.3 Å². The Morgan fingerprint density at radius 2 is 1.75 bits per heavy atom. The molecule has 0 aromatic heterocycles. The third-order valence-electron chi connectivity index (χ3n) is 4.01. The van der Waals surface area contributed by atoms with Crippen LogP contribution in [0.25, 0.3) is 0 Å². The lowest BCUT2D eigenvalue weighted by molar-refractivity contribution is -0.105. The molecule has 0 spiro atoms. The number of rotatable bonds is 3. The van der Waals surface area contributed by atoms with Crippen LogP contribution in [0.3, 0.4) is 0 Å². The summed E-state index contributed by atoms with van der Waals surface area (Å²) in [7, 11) is 0. The molecule has 1 nitrogen and oxygen atoms in total. The van der Waals surface area contributed by atoms with Gasteiger partial charge in [0.15, 0.2) is 0 Å². The molecular weight excluding hydrogens is 196 g/mol. The molecule has 0 aromatic rings. The molecular formula is C15H26O. The monoisotopic (exact) mass is 222 g/mol. The van der Waals surface area contributed by atoms with Crippen molar-refractivity contribution in [3.63, 3.8) is 0 Å². The second-order valence-electron chi connectivity index (χ2n) is 6.19. The molecule has 1 aliphatic rings. The summed E-state index contributed by atoms with van der Waals surface area (Å²) in [5, 5.41) is 0. The van der Waals surface area contributed by atoms with Crippen LogP contribution in [-0.4, -0.2) is 6.29 Å². The van der Waals surface area contributed by atoms with Crippen molar-refractivity contribution in [3.05, 3.63) is 11.6 Å². The van der Waals surface area contributed by atoms with E-state index in [9.17, 15) is 4.79 Å². The van der Waals surface area contributed by atoms with Gasteiger partial charge in [-0.2, -0.15) is 0 Å². The first-order valence-electron chi connectivity index (χ1n) is 6.63. The van der Waals surface area contributed by atoms with E-state index in [0.29, 0.717) is 11.3 Å². The summed E-state index contributed by atoms with van der Waals surface area (Å²) in [6.45, 7) is 9.09. The molecule has 16 heavy (non-hydrogen) atoms. The maximum absolute atomic E-state index is 10.8. The van der Waals surface area contributed by atoms with Gasteiger partial charge < -0.3 is 0 Å². The molecule has 0 atom stereocenters. The van der Waals surface area contributed by atoms with Gasteiger partial charge >= 0.3 is 0 Å². The summed E-state index contributed by atoms with van der Waals surface area (Å²) in [6, 6.07) is 0. The van der Waals surface area contributed by atoms with E-state index >= 15 is 0 Å². The zero-order chi connectivity index (χ0) is 12.2. The molecule has 1 fully saturated rings. The lowest BCUT2D eigenvalue weighted by Gasteiger charge is -2.36. The number of hydrogen-bond donors (Lipinski definition) is 0. The van der Waals surface area contributed by atoms with Crippen molar-refractivity contribution in [1.82, 2.24) is 0 Å². The predicted octanol–water partition coefficient (Wildman–Crippen LogP) is 4.37. The largest absolute Gasteiger partial charge is 0.298 e. The fourth-order valence-electron chi connectivity index (χ4n) is 2.70. The van der Waals surface area contributed by atoms with Crippen LogP contribution in [0.1, 0.15) is 59.8 Å². The Morgan fingerprint density at radius 1 is 1.19 bits per heavy atom. The van der Waals surface area contributed by atoms with Gasteiger partial charge in [-0.1, -0.05) is 33.8 Å². The molecule has 1 saturated carbocycles. The molecule has 0 heterocycles. The highest BCUT2D eigenvalue weighted by Gasteiger charge is 2.28. The standard InChI is InChI=1S/C15H26O/c1-5-12(11-16)10-13-6-8-14(9-7-13)15(2,3)4/h10-11,13-14H,5-9H2,1-4H3. The highest BCUT2D eigenvalue weighted by Crippen LogP contribution is 2.40. The van der Waals surface area contributed by atoms with Crippen LogP contribution in [0, 0.1) is 17.3 Å². The third kappa shape index (κ3) is 3.77. The van der Waals surface area contributed by atoms with Crippen molar-refractivity contribution >= 4 is 6.29 Å². The van der Waals surface area contributed by atoms with E-state index in [1.807, 2.05) is 0 Å². The van der Waals surface area contributed by atoms with E-state index in [-0.39, 0.29) is 0 Å². The van der Waals surface area contributed by atoms with Gasteiger partial charge in [-0.05, 0) is 54.9 Å². The fraction of sp³-hybridized carbons (Fsp3) is 0.800. The number of hydrogen-bond acceptors (Lipinski definition) is 1. The first-order chi connectivity index (χ1) is 7.47. The number of carbonyl (C=O) groups excluding carboxylic acids is 1. The lowest BCUT2D eigenvalue weighted by atomic mass is 9.69. The lowest BCUT2D eigenvalue weighted by Crippen LogP contribution is -2.25. The summed E-state index contributed by atoms with van der Waals surface area (Å²) in [5.41, 5.74) is 1.44. The van der Waals surface area contributed by atoms with Gasteiger partial charge in [-0.3, -0.25) is 4.79 Å². The average molecular weight is 222 g/mol. The van der Waals surface area contributed by atoms with Crippen molar-refractivity contribution in [3.8, 4) is 0 Å². The Balaban J connectivity index is 2.49. The summed E-state index contributed by atoms with van der Waals surface area (Å²) in [6.07, 6.45) is 9.28. The zero-order valence-electron chi connectivity index (χ0n) is 11.3. The molecule has 92 valence electrons. The van der Waals surface area contributed by atoms with Crippen molar-refractivity contribution in [2.75, 3.05) is 0 Å². The quantitative estimate of drug-likeness (QED) is 0.512. The summed E-state index contributed by atoms with van der Waals surface area (Å²) in [4.78, 5) is 10.8. The highest BCUT2D eigenvalue weighted by molar-refractivity contribution is 5.72. The second-order valence-corrected chi connectivity index (χ2v) is 6.19. The molecule has 0 unspecified atom stereocenters. The third-order valence-corrected chi connectivity index (χ3v) is 4.01. The first-order valence-corrected chi connectivity index (χ1v) is 6.63. The van der Waals surface area contributed by atoms with E-state index in [2.05, 4.69) is 33.8 Å². The van der Waals surface area contributed by atoms with Crippen molar-refractivity contribution in [2.45, 2.75) is 59.8 Å². The molecule has 1 rings (SSSR count). The SMILES string of the molecule is CCC(C=O)=CC1CCC(C(C)(C)C)CC1. The Morgan fingerprint density at radius 3 is 2.12 bits per heavy atom. The highest BCUT2D eigenvalue weighted by atomic mass is 16.1. The molecule has 0 aromatic carbocycles. The van der Waals surface area contributed by atoms with E-state index in [1.165, 1.54) is 25.7 Å². The molecule has 0 saturated heterocycles. The first kappa shape index (κ1) is 13.5. The summed E-state index contributed by atoms with van der Waals surface area (Å²) >= 11 is 0. The van der Waals surface area contributed by atoms with Crippen LogP contribution in [0.5, 0.6) is 0 Å². The molecule has 0 amide bonds. The van der Waals surface area contributed by atoms with Crippen LogP contribution in [0.15, 0.2) is 11.6 Å². The van der Waals surface area contributed by atoms with Crippen molar-refractivity contribution in [1.29, 1.82) is 0 Å². The van der Waals surface area contributed by atoms with Crippen LogP contribution in [0.2, 0.25) is 0 Å². The number of carbonyl (C=O) groups is 1. The molecule has 0 N–H and O–H groups in total. The molecule has 1 aliphatic carbocycles. The van der Waals surface area contributed by atoms with Crippen LogP contribution < -0.4 is 0 Å². The van der Waals surface area contributed by atoms with E-state index in [1.54, 1.807) is 0 Å². The van der Waals surface area contributed by atoms with Crippen LogP contribution in [0.4, 0.5) is 0 Å². The van der Waals surface area contributed by atoms with E-state index in [4.69, 9.17) is 0 Å². The van der Waals surface area contributed by atoms with Gasteiger partial charge in [0.1, 0.15) is 6.29 Å². The minimum atomic E-state index is 0.451. The Bertz CT molecular complexity index is 249. The normalized spacial score (nSPS) is 27.9. The number of allylic oxidation sites excluding steroid dienone is 2. The Hall–Kier alpha value is -0.590. The smallest absolute Gasteiger partial charge is 0.145 e. The second kappa shape index (κ2) is 5.65. The van der Waals surface area contributed by atoms with Crippen LogP contribution in [-0.2, 0) is 4.79 Å². The maximum Gasteiger partial charge on any atom is 0.145 e. The minimum absolute atomic E-state index is 0.451. The van der Waals surface area contributed by atoms with Gasteiger partial charge in [0, 0.05) is 0 Å². The summed E-state index contributed by atoms with van der Waals surface area (Å²) < 4.78 is 0. The van der Waals surface area contributed by atoms with Gasteiger partial charge in [0.05, 0.1) is 0 Å².